The molecule has 2 aromatic rings. The summed E-state index contributed by atoms with van der Waals surface area (Å²) in [6, 6.07) is 7.21. The molecule has 1 heterocycles. The molecule has 1 aromatic carbocycles. The number of hydrogen-bond donors (Lipinski definition) is 1. The van der Waals surface area contributed by atoms with Crippen molar-refractivity contribution in [3.63, 3.8) is 0 Å². The molecule has 0 radical (unpaired) electrons. The van der Waals surface area contributed by atoms with Gasteiger partial charge in [-0.2, -0.15) is 0 Å². The predicted molar refractivity (Wildman–Crippen MR) is 71.8 cm³/mol. The van der Waals surface area contributed by atoms with E-state index in [1.807, 2.05) is 12.1 Å². The normalized spacial score (nSPS) is 9.95. The van der Waals surface area contributed by atoms with Gasteiger partial charge in [0.25, 0.3) is 0 Å². The Morgan fingerprint density at radius 2 is 2.11 bits per heavy atom. The topological polar surface area (TPSA) is 64.1 Å². The summed E-state index contributed by atoms with van der Waals surface area (Å²) in [5.41, 5.74) is 2.37. The third-order valence-electron chi connectivity index (χ3n) is 2.48. The maximum Gasteiger partial charge on any atom is 0.338 e. The van der Waals surface area contributed by atoms with Gasteiger partial charge in [0.05, 0.1) is 12.2 Å². The van der Waals surface area contributed by atoms with Crippen LogP contribution in [0, 0.1) is 0 Å². The van der Waals surface area contributed by atoms with Gasteiger partial charge in [0.15, 0.2) is 0 Å². The van der Waals surface area contributed by atoms with Crippen LogP contribution in [0.25, 0.3) is 0 Å². The maximum absolute atomic E-state index is 11.6. The number of carbonyl (C=O) groups excluding carboxylic acids is 1. The van der Waals surface area contributed by atoms with Crippen molar-refractivity contribution in [2.45, 2.75) is 13.5 Å². The smallest absolute Gasteiger partial charge is 0.338 e. The Kier molecular flexibility index (Phi) is 4.44. The van der Waals surface area contributed by atoms with Crippen molar-refractivity contribution in [2.24, 2.45) is 0 Å². The van der Waals surface area contributed by atoms with Crippen LogP contribution in [0.4, 0.5) is 5.69 Å². The van der Waals surface area contributed by atoms with Gasteiger partial charge in [0.1, 0.15) is 6.33 Å². The lowest BCUT2D eigenvalue weighted by molar-refractivity contribution is 0.0526. The number of ether oxygens (including phenoxy) is 1. The van der Waals surface area contributed by atoms with Gasteiger partial charge in [-0.05, 0) is 25.1 Å². The minimum Gasteiger partial charge on any atom is -0.462 e. The van der Waals surface area contributed by atoms with Crippen LogP contribution in [-0.2, 0) is 11.3 Å². The van der Waals surface area contributed by atoms with Crippen LogP contribution < -0.4 is 5.32 Å². The Bertz CT molecular complexity index is 543. The summed E-state index contributed by atoms with van der Waals surface area (Å²) in [7, 11) is 0. The third-order valence-corrected chi connectivity index (χ3v) is 2.48. The highest BCUT2D eigenvalue weighted by molar-refractivity contribution is 5.90. The highest BCUT2D eigenvalue weighted by atomic mass is 16.5. The second-order valence-corrected chi connectivity index (χ2v) is 3.90. The summed E-state index contributed by atoms with van der Waals surface area (Å²) in [4.78, 5) is 19.5. The summed E-state index contributed by atoms with van der Waals surface area (Å²) < 4.78 is 4.96. The number of nitrogens with one attached hydrogen (secondary N) is 1. The Morgan fingerprint density at radius 1 is 1.32 bits per heavy atom. The number of anilines is 1. The molecular formula is C14H15N3O2. The Labute approximate surface area is 111 Å². The molecule has 2 rings (SSSR count). The monoisotopic (exact) mass is 257 g/mol. The second-order valence-electron chi connectivity index (χ2n) is 3.90. The standard InChI is InChI=1S/C14H15N3O2/c1-2-19-14(18)12-4-3-5-13(6-12)17-9-11-7-15-10-16-8-11/h3-8,10,17H,2,9H2,1H3. The molecule has 0 saturated heterocycles. The van der Waals surface area contributed by atoms with E-state index in [-0.39, 0.29) is 5.97 Å². The first-order chi connectivity index (χ1) is 9.29. The van der Waals surface area contributed by atoms with E-state index >= 15 is 0 Å². The van der Waals surface area contributed by atoms with Crippen LogP contribution in [0.5, 0.6) is 0 Å². The molecule has 0 fully saturated rings. The van der Waals surface area contributed by atoms with Crippen molar-refractivity contribution in [1.82, 2.24) is 9.97 Å². The Hall–Kier alpha value is -2.43. The molecule has 0 aliphatic carbocycles. The van der Waals surface area contributed by atoms with Gasteiger partial charge in [0, 0.05) is 30.2 Å². The molecule has 0 aliphatic heterocycles. The molecule has 0 amide bonds. The van der Waals surface area contributed by atoms with Crippen molar-refractivity contribution in [2.75, 3.05) is 11.9 Å². The number of aromatic nitrogens is 2. The van der Waals surface area contributed by atoms with Gasteiger partial charge in [-0.1, -0.05) is 6.07 Å². The minimum atomic E-state index is -0.311. The SMILES string of the molecule is CCOC(=O)c1cccc(NCc2cncnc2)c1. The number of esters is 1. The summed E-state index contributed by atoms with van der Waals surface area (Å²) >= 11 is 0. The van der Waals surface area contributed by atoms with Gasteiger partial charge >= 0.3 is 5.97 Å². The highest BCUT2D eigenvalue weighted by Crippen LogP contribution is 2.12. The molecule has 0 spiro atoms. The van der Waals surface area contributed by atoms with E-state index in [0.717, 1.165) is 11.3 Å². The van der Waals surface area contributed by atoms with E-state index in [9.17, 15) is 4.79 Å². The summed E-state index contributed by atoms with van der Waals surface area (Å²) in [6.07, 6.45) is 4.98. The maximum atomic E-state index is 11.6. The minimum absolute atomic E-state index is 0.311. The van der Waals surface area contributed by atoms with Crippen LogP contribution in [0.15, 0.2) is 43.0 Å². The predicted octanol–water partition coefficient (Wildman–Crippen LogP) is 2.27. The van der Waals surface area contributed by atoms with Crippen molar-refractivity contribution in [3.8, 4) is 0 Å². The fourth-order valence-electron chi connectivity index (χ4n) is 1.60. The third kappa shape index (κ3) is 3.77. The number of carbonyl (C=O) groups is 1. The average molecular weight is 257 g/mol. The molecule has 0 bridgehead atoms. The zero-order valence-corrected chi connectivity index (χ0v) is 10.7. The van der Waals surface area contributed by atoms with Crippen LogP contribution in [0.1, 0.15) is 22.8 Å². The molecule has 0 unspecified atom stereocenters. The van der Waals surface area contributed by atoms with E-state index in [1.165, 1.54) is 6.33 Å². The lowest BCUT2D eigenvalue weighted by Crippen LogP contribution is -2.06. The summed E-state index contributed by atoms with van der Waals surface area (Å²) in [6.45, 7) is 2.76. The van der Waals surface area contributed by atoms with Crippen molar-refractivity contribution in [1.29, 1.82) is 0 Å². The molecule has 19 heavy (non-hydrogen) atoms. The molecule has 0 atom stereocenters. The fourth-order valence-corrected chi connectivity index (χ4v) is 1.60. The van der Waals surface area contributed by atoms with E-state index in [0.29, 0.717) is 18.7 Å². The number of benzene rings is 1. The quantitative estimate of drug-likeness (QED) is 0.832. The van der Waals surface area contributed by atoms with E-state index in [1.54, 1.807) is 31.5 Å². The van der Waals surface area contributed by atoms with Gasteiger partial charge in [0.2, 0.25) is 0 Å². The average Bonchev–Trinajstić information content (AvgIpc) is 2.47. The van der Waals surface area contributed by atoms with Crippen LogP contribution in [0.3, 0.4) is 0 Å². The molecule has 1 aromatic heterocycles. The summed E-state index contributed by atoms with van der Waals surface area (Å²) in [5.74, 6) is -0.311. The van der Waals surface area contributed by atoms with E-state index < -0.39 is 0 Å². The fraction of sp³-hybridized carbons (Fsp3) is 0.214. The zero-order valence-electron chi connectivity index (χ0n) is 10.7. The van der Waals surface area contributed by atoms with Gasteiger partial charge in [-0.3, -0.25) is 0 Å². The van der Waals surface area contributed by atoms with Crippen molar-refractivity contribution in [3.05, 3.63) is 54.1 Å². The van der Waals surface area contributed by atoms with Gasteiger partial charge in [-0.25, -0.2) is 14.8 Å². The zero-order chi connectivity index (χ0) is 13.5. The van der Waals surface area contributed by atoms with E-state index in [2.05, 4.69) is 15.3 Å². The number of nitrogens with zero attached hydrogens (tertiary/aromatic N) is 2. The van der Waals surface area contributed by atoms with Crippen LogP contribution >= 0.6 is 0 Å². The second kappa shape index (κ2) is 6.49. The first kappa shape index (κ1) is 13.0. The lowest BCUT2D eigenvalue weighted by atomic mass is 10.2. The molecule has 1 N–H and O–H groups in total. The lowest BCUT2D eigenvalue weighted by Gasteiger charge is -2.07. The molecule has 0 aliphatic rings. The largest absolute Gasteiger partial charge is 0.462 e. The van der Waals surface area contributed by atoms with Crippen molar-refractivity contribution >= 4 is 11.7 Å². The van der Waals surface area contributed by atoms with Crippen LogP contribution in [-0.4, -0.2) is 22.5 Å². The molecular weight excluding hydrogens is 242 g/mol. The Morgan fingerprint density at radius 3 is 2.84 bits per heavy atom. The van der Waals surface area contributed by atoms with Crippen LogP contribution in [0.2, 0.25) is 0 Å². The molecule has 5 nitrogen and oxygen atoms in total. The molecule has 98 valence electrons. The molecule has 5 heteroatoms. The Balaban J connectivity index is 2.01. The first-order valence-corrected chi connectivity index (χ1v) is 6.04. The van der Waals surface area contributed by atoms with Crippen molar-refractivity contribution < 1.29 is 9.53 Å². The molecule has 0 saturated carbocycles. The first-order valence-electron chi connectivity index (χ1n) is 6.04. The van der Waals surface area contributed by atoms with Gasteiger partial charge < -0.3 is 10.1 Å². The van der Waals surface area contributed by atoms with Gasteiger partial charge in [-0.15, -0.1) is 0 Å². The van der Waals surface area contributed by atoms with E-state index in [4.69, 9.17) is 4.74 Å². The number of hydrogen-bond acceptors (Lipinski definition) is 5. The highest BCUT2D eigenvalue weighted by Gasteiger charge is 2.06. The summed E-state index contributed by atoms with van der Waals surface area (Å²) in [5, 5.41) is 3.21. The number of rotatable bonds is 5.